The highest BCUT2D eigenvalue weighted by Crippen LogP contribution is 2.14. The lowest BCUT2D eigenvalue weighted by Gasteiger charge is -2.09. The molecule has 2 heterocycles. The summed E-state index contributed by atoms with van der Waals surface area (Å²) in [7, 11) is 1.56. The van der Waals surface area contributed by atoms with Gasteiger partial charge in [-0.15, -0.1) is 0 Å². The van der Waals surface area contributed by atoms with Gasteiger partial charge < -0.3 is 4.74 Å². The first-order chi connectivity index (χ1) is 8.63. The molecule has 18 heavy (non-hydrogen) atoms. The molecule has 0 aliphatic carbocycles. The summed E-state index contributed by atoms with van der Waals surface area (Å²) in [5.74, 6) is 0.528. The van der Waals surface area contributed by atoms with Crippen molar-refractivity contribution in [2.75, 3.05) is 7.11 Å². The van der Waals surface area contributed by atoms with Crippen LogP contribution in [0.4, 0.5) is 0 Å². The van der Waals surface area contributed by atoms with Crippen molar-refractivity contribution in [2.45, 2.75) is 13.5 Å². The molecule has 0 N–H and O–H groups in total. The summed E-state index contributed by atoms with van der Waals surface area (Å²) in [4.78, 5) is 20.3. The van der Waals surface area contributed by atoms with Gasteiger partial charge >= 0.3 is 0 Å². The van der Waals surface area contributed by atoms with E-state index in [1.165, 1.54) is 0 Å². The van der Waals surface area contributed by atoms with Crippen molar-refractivity contribution in [3.8, 4) is 5.88 Å². The van der Waals surface area contributed by atoms with Crippen molar-refractivity contribution < 1.29 is 4.74 Å². The minimum absolute atomic E-state index is 0.0472. The Morgan fingerprint density at radius 1 is 1.44 bits per heavy atom. The first kappa shape index (κ1) is 13.0. The molecule has 0 spiro atoms. The van der Waals surface area contributed by atoms with Crippen LogP contribution in [0.15, 0.2) is 29.5 Å². The fourth-order valence-electron chi connectivity index (χ4n) is 1.57. The van der Waals surface area contributed by atoms with Crippen LogP contribution in [0.2, 0.25) is 0 Å². The van der Waals surface area contributed by atoms with Crippen molar-refractivity contribution in [2.24, 2.45) is 0 Å². The van der Waals surface area contributed by atoms with Gasteiger partial charge in [0.25, 0.3) is 5.56 Å². The van der Waals surface area contributed by atoms with E-state index >= 15 is 0 Å². The molecule has 2 aromatic heterocycles. The Labute approximate surface area is 118 Å². The Balaban J connectivity index is 2.41. The van der Waals surface area contributed by atoms with E-state index in [9.17, 15) is 4.79 Å². The molecule has 0 aliphatic heterocycles. The van der Waals surface area contributed by atoms with Gasteiger partial charge in [0.15, 0.2) is 0 Å². The van der Waals surface area contributed by atoms with E-state index in [1.807, 2.05) is 41.6 Å². The topological polar surface area (TPSA) is 57.0 Å². The van der Waals surface area contributed by atoms with E-state index in [2.05, 4.69) is 9.97 Å². The van der Waals surface area contributed by atoms with Crippen LogP contribution in [0.3, 0.4) is 0 Å². The summed E-state index contributed by atoms with van der Waals surface area (Å²) < 4.78 is 7.35. The fourth-order valence-corrected chi connectivity index (χ4v) is 2.02. The molecule has 2 aromatic rings. The highest BCUT2D eigenvalue weighted by molar-refractivity contribution is 14.1. The Morgan fingerprint density at radius 2 is 2.22 bits per heavy atom. The van der Waals surface area contributed by atoms with Gasteiger partial charge in [-0.3, -0.25) is 9.36 Å². The van der Waals surface area contributed by atoms with Gasteiger partial charge in [0.1, 0.15) is 0 Å². The van der Waals surface area contributed by atoms with E-state index in [-0.39, 0.29) is 5.56 Å². The monoisotopic (exact) mass is 357 g/mol. The quantitative estimate of drug-likeness (QED) is 0.784. The molecule has 5 nitrogen and oxygen atoms in total. The maximum atomic E-state index is 12.0. The predicted octanol–water partition coefficient (Wildman–Crippen LogP) is 1.61. The van der Waals surface area contributed by atoms with Crippen LogP contribution < -0.4 is 10.3 Å². The fraction of sp³-hybridized carbons (Fsp3) is 0.250. The highest BCUT2D eigenvalue weighted by atomic mass is 127. The molecule has 0 amide bonds. The average Bonchev–Trinajstić information content (AvgIpc) is 2.40. The summed E-state index contributed by atoms with van der Waals surface area (Å²) in [6.07, 6.45) is 3.20. The number of ether oxygens (including phenoxy) is 1. The zero-order valence-corrected chi connectivity index (χ0v) is 12.2. The molecule has 0 saturated carbocycles. The van der Waals surface area contributed by atoms with Gasteiger partial charge in [-0.1, -0.05) is 6.07 Å². The molecule has 0 saturated heterocycles. The molecule has 0 bridgehead atoms. The van der Waals surface area contributed by atoms with E-state index in [1.54, 1.807) is 24.2 Å². The summed E-state index contributed by atoms with van der Waals surface area (Å²) >= 11 is 2.01. The first-order valence-corrected chi connectivity index (χ1v) is 6.40. The lowest BCUT2D eigenvalue weighted by atomic mass is 10.2. The minimum atomic E-state index is -0.0472. The number of methoxy groups -OCH3 is 1. The Morgan fingerprint density at radius 3 is 2.94 bits per heavy atom. The van der Waals surface area contributed by atoms with Crippen molar-refractivity contribution >= 4 is 22.6 Å². The SMILES string of the molecule is COc1ncccc1Cn1cnc(C)c(I)c1=O. The second kappa shape index (κ2) is 5.47. The number of hydrogen-bond acceptors (Lipinski definition) is 4. The summed E-state index contributed by atoms with van der Waals surface area (Å²) in [5, 5.41) is 0. The van der Waals surface area contributed by atoms with Crippen LogP contribution in [0.25, 0.3) is 0 Å². The summed E-state index contributed by atoms with van der Waals surface area (Å²) in [6.45, 7) is 2.22. The van der Waals surface area contributed by atoms with Gasteiger partial charge in [-0.25, -0.2) is 9.97 Å². The molecular weight excluding hydrogens is 345 g/mol. The molecule has 6 heteroatoms. The zero-order valence-electron chi connectivity index (χ0n) is 10.1. The Hall–Kier alpha value is -1.44. The van der Waals surface area contributed by atoms with Crippen molar-refractivity contribution in [1.29, 1.82) is 0 Å². The molecule has 0 atom stereocenters. The molecule has 94 valence electrons. The second-order valence-corrected chi connectivity index (χ2v) is 4.83. The zero-order chi connectivity index (χ0) is 13.1. The third-order valence-corrected chi connectivity index (χ3v) is 3.78. The van der Waals surface area contributed by atoms with Crippen LogP contribution in [0.1, 0.15) is 11.3 Å². The summed E-state index contributed by atoms with van der Waals surface area (Å²) in [5.41, 5.74) is 1.55. The number of rotatable bonds is 3. The standard InChI is InChI=1S/C12H12IN3O2/c1-8-10(13)12(17)16(7-15-8)6-9-4-3-5-14-11(9)18-2/h3-5,7H,6H2,1-2H3. The van der Waals surface area contributed by atoms with Gasteiger partial charge in [0, 0.05) is 11.8 Å². The smallest absolute Gasteiger partial charge is 0.267 e. The lowest BCUT2D eigenvalue weighted by molar-refractivity contribution is 0.391. The third-order valence-electron chi connectivity index (χ3n) is 2.54. The lowest BCUT2D eigenvalue weighted by Crippen LogP contribution is -2.24. The van der Waals surface area contributed by atoms with Crippen molar-refractivity contribution in [3.63, 3.8) is 0 Å². The summed E-state index contributed by atoms with van der Waals surface area (Å²) in [6, 6.07) is 3.69. The molecule has 0 fully saturated rings. The number of nitrogens with zero attached hydrogens (tertiary/aromatic N) is 3. The average molecular weight is 357 g/mol. The predicted molar refractivity (Wildman–Crippen MR) is 75.8 cm³/mol. The molecule has 0 unspecified atom stereocenters. The van der Waals surface area contributed by atoms with E-state index in [0.717, 1.165) is 11.3 Å². The number of hydrogen-bond donors (Lipinski definition) is 0. The molecule has 0 aliphatic rings. The third kappa shape index (κ3) is 2.53. The maximum Gasteiger partial charge on any atom is 0.267 e. The van der Waals surface area contributed by atoms with Crippen LogP contribution in [-0.2, 0) is 6.54 Å². The van der Waals surface area contributed by atoms with Gasteiger partial charge in [-0.2, -0.15) is 0 Å². The van der Waals surface area contributed by atoms with E-state index in [4.69, 9.17) is 4.74 Å². The minimum Gasteiger partial charge on any atom is -0.481 e. The molecule has 0 radical (unpaired) electrons. The first-order valence-electron chi connectivity index (χ1n) is 5.33. The molecule has 0 aromatic carbocycles. The Kier molecular flexibility index (Phi) is 3.95. The van der Waals surface area contributed by atoms with Crippen molar-refractivity contribution in [3.05, 3.63) is 49.8 Å². The van der Waals surface area contributed by atoms with Gasteiger partial charge in [-0.05, 0) is 35.6 Å². The molecule has 2 rings (SSSR count). The number of aryl methyl sites for hydroxylation is 1. The molecular formula is C12H12IN3O2. The van der Waals surface area contributed by atoms with Crippen LogP contribution >= 0.6 is 22.6 Å². The Bertz CT molecular complexity index is 625. The van der Waals surface area contributed by atoms with E-state index < -0.39 is 0 Å². The highest BCUT2D eigenvalue weighted by Gasteiger charge is 2.08. The van der Waals surface area contributed by atoms with Crippen LogP contribution in [0, 0.1) is 10.5 Å². The largest absolute Gasteiger partial charge is 0.481 e. The number of aromatic nitrogens is 3. The van der Waals surface area contributed by atoms with Crippen LogP contribution in [0.5, 0.6) is 5.88 Å². The van der Waals surface area contributed by atoms with E-state index in [0.29, 0.717) is 16.0 Å². The maximum absolute atomic E-state index is 12.0. The normalized spacial score (nSPS) is 10.4. The van der Waals surface area contributed by atoms with Gasteiger partial charge in [0.2, 0.25) is 5.88 Å². The van der Waals surface area contributed by atoms with Crippen LogP contribution in [-0.4, -0.2) is 21.6 Å². The second-order valence-electron chi connectivity index (χ2n) is 3.75. The number of pyridine rings is 1. The number of halogens is 1. The van der Waals surface area contributed by atoms with Crippen molar-refractivity contribution in [1.82, 2.24) is 14.5 Å². The van der Waals surface area contributed by atoms with Gasteiger partial charge in [0.05, 0.1) is 29.2 Å².